The number of nitrogens with zero attached hydrogens (tertiary/aromatic N) is 4. The standard InChI is InChI=1S/C11H11ClN4O2/c1-7(10(17)18-2)16-6-8(5-14-16)9-3-4-13-11(12)15-9/h3-7H,1-2H3. The van der Waals surface area contributed by atoms with E-state index in [2.05, 4.69) is 19.8 Å². The smallest absolute Gasteiger partial charge is 0.330 e. The van der Waals surface area contributed by atoms with Crippen LogP contribution in [0.2, 0.25) is 5.28 Å². The predicted molar refractivity (Wildman–Crippen MR) is 65.0 cm³/mol. The number of esters is 1. The van der Waals surface area contributed by atoms with E-state index in [1.807, 2.05) is 0 Å². The van der Waals surface area contributed by atoms with Crippen molar-refractivity contribution in [2.45, 2.75) is 13.0 Å². The highest BCUT2D eigenvalue weighted by molar-refractivity contribution is 6.28. The van der Waals surface area contributed by atoms with Crippen LogP contribution in [-0.4, -0.2) is 32.8 Å². The van der Waals surface area contributed by atoms with Gasteiger partial charge >= 0.3 is 5.97 Å². The van der Waals surface area contributed by atoms with Crippen molar-refractivity contribution in [3.63, 3.8) is 0 Å². The van der Waals surface area contributed by atoms with Crippen LogP contribution >= 0.6 is 11.6 Å². The molecule has 18 heavy (non-hydrogen) atoms. The van der Waals surface area contributed by atoms with Gasteiger partial charge in [-0.3, -0.25) is 4.68 Å². The lowest BCUT2D eigenvalue weighted by Gasteiger charge is -2.08. The molecular formula is C11H11ClN4O2. The van der Waals surface area contributed by atoms with Crippen LogP contribution in [0.1, 0.15) is 13.0 Å². The Morgan fingerprint density at radius 1 is 1.56 bits per heavy atom. The largest absolute Gasteiger partial charge is 0.467 e. The summed E-state index contributed by atoms with van der Waals surface area (Å²) < 4.78 is 6.17. The number of carbonyl (C=O) groups is 1. The maximum atomic E-state index is 11.4. The summed E-state index contributed by atoms with van der Waals surface area (Å²) in [5.74, 6) is -0.356. The molecule has 0 amide bonds. The zero-order valence-electron chi connectivity index (χ0n) is 9.87. The van der Waals surface area contributed by atoms with Gasteiger partial charge < -0.3 is 4.74 Å². The number of hydrogen-bond acceptors (Lipinski definition) is 5. The molecule has 1 atom stereocenters. The molecule has 1 unspecified atom stereocenters. The van der Waals surface area contributed by atoms with E-state index in [1.54, 1.807) is 31.6 Å². The van der Waals surface area contributed by atoms with Gasteiger partial charge in [0.15, 0.2) is 0 Å². The Bertz CT molecular complexity index is 570. The summed E-state index contributed by atoms with van der Waals surface area (Å²) in [4.78, 5) is 19.2. The van der Waals surface area contributed by atoms with Gasteiger partial charge in [-0.2, -0.15) is 5.10 Å². The normalized spacial score (nSPS) is 12.2. The first-order valence-electron chi connectivity index (χ1n) is 5.22. The third kappa shape index (κ3) is 2.48. The molecule has 2 heterocycles. The quantitative estimate of drug-likeness (QED) is 0.625. The second-order valence-electron chi connectivity index (χ2n) is 3.62. The molecular weight excluding hydrogens is 256 g/mol. The highest BCUT2D eigenvalue weighted by atomic mass is 35.5. The molecule has 0 N–H and O–H groups in total. The fourth-order valence-electron chi connectivity index (χ4n) is 1.46. The molecule has 2 aromatic rings. The average molecular weight is 267 g/mol. The van der Waals surface area contributed by atoms with Crippen LogP contribution < -0.4 is 0 Å². The van der Waals surface area contributed by atoms with Gasteiger partial charge in [-0.25, -0.2) is 14.8 Å². The molecule has 0 spiro atoms. The second-order valence-corrected chi connectivity index (χ2v) is 3.96. The van der Waals surface area contributed by atoms with Gasteiger partial charge in [0.2, 0.25) is 5.28 Å². The summed E-state index contributed by atoms with van der Waals surface area (Å²) in [7, 11) is 1.34. The molecule has 0 aliphatic rings. The zero-order valence-corrected chi connectivity index (χ0v) is 10.6. The van der Waals surface area contributed by atoms with E-state index in [4.69, 9.17) is 11.6 Å². The Kier molecular flexibility index (Phi) is 3.57. The van der Waals surface area contributed by atoms with Crippen LogP contribution in [0.25, 0.3) is 11.3 Å². The molecule has 0 fully saturated rings. The summed E-state index contributed by atoms with van der Waals surface area (Å²) in [5.41, 5.74) is 1.41. The number of methoxy groups -OCH3 is 1. The molecule has 0 bridgehead atoms. The topological polar surface area (TPSA) is 69.9 Å². The van der Waals surface area contributed by atoms with Gasteiger partial charge in [0.05, 0.1) is 19.0 Å². The Morgan fingerprint density at radius 2 is 2.33 bits per heavy atom. The van der Waals surface area contributed by atoms with E-state index in [9.17, 15) is 4.79 Å². The molecule has 94 valence electrons. The summed E-state index contributed by atoms with van der Waals surface area (Å²) in [6.07, 6.45) is 4.88. The molecule has 0 aromatic carbocycles. The van der Waals surface area contributed by atoms with Crippen LogP contribution in [-0.2, 0) is 9.53 Å². The van der Waals surface area contributed by atoms with Gasteiger partial charge in [-0.15, -0.1) is 0 Å². The summed E-state index contributed by atoms with van der Waals surface area (Å²) >= 11 is 5.71. The van der Waals surface area contributed by atoms with Crippen molar-refractivity contribution in [3.8, 4) is 11.3 Å². The summed E-state index contributed by atoms with van der Waals surface area (Å²) in [6.45, 7) is 1.70. The minimum absolute atomic E-state index is 0.168. The molecule has 0 saturated heterocycles. The van der Waals surface area contributed by atoms with E-state index in [0.717, 1.165) is 5.56 Å². The van der Waals surface area contributed by atoms with Crippen molar-refractivity contribution in [3.05, 3.63) is 29.9 Å². The lowest BCUT2D eigenvalue weighted by Crippen LogP contribution is -2.17. The van der Waals surface area contributed by atoms with Gasteiger partial charge in [0.1, 0.15) is 6.04 Å². The third-order valence-corrected chi connectivity index (χ3v) is 2.64. The molecule has 0 aliphatic carbocycles. The second kappa shape index (κ2) is 5.14. The van der Waals surface area contributed by atoms with Crippen molar-refractivity contribution in [1.82, 2.24) is 19.7 Å². The minimum atomic E-state index is -0.485. The van der Waals surface area contributed by atoms with Gasteiger partial charge in [0, 0.05) is 18.0 Å². The molecule has 6 nitrogen and oxygen atoms in total. The van der Waals surface area contributed by atoms with Gasteiger partial charge in [0.25, 0.3) is 0 Å². The van der Waals surface area contributed by atoms with E-state index in [-0.39, 0.29) is 11.3 Å². The fraction of sp³-hybridized carbons (Fsp3) is 0.273. The Hall–Kier alpha value is -1.95. The molecule has 0 saturated carbocycles. The first-order valence-corrected chi connectivity index (χ1v) is 5.60. The highest BCUT2D eigenvalue weighted by Crippen LogP contribution is 2.18. The molecule has 2 aromatic heterocycles. The van der Waals surface area contributed by atoms with Crippen LogP contribution in [0, 0.1) is 0 Å². The highest BCUT2D eigenvalue weighted by Gasteiger charge is 2.16. The van der Waals surface area contributed by atoms with Gasteiger partial charge in [-0.05, 0) is 24.6 Å². The monoisotopic (exact) mass is 266 g/mol. The van der Waals surface area contributed by atoms with Crippen LogP contribution in [0.15, 0.2) is 24.7 Å². The van der Waals surface area contributed by atoms with E-state index >= 15 is 0 Å². The first-order chi connectivity index (χ1) is 8.61. The number of hydrogen-bond donors (Lipinski definition) is 0. The first kappa shape index (κ1) is 12.5. The van der Waals surface area contributed by atoms with Crippen molar-refractivity contribution in [2.24, 2.45) is 0 Å². The van der Waals surface area contributed by atoms with Crippen LogP contribution in [0.5, 0.6) is 0 Å². The molecule has 0 aliphatic heterocycles. The van der Waals surface area contributed by atoms with Crippen molar-refractivity contribution in [2.75, 3.05) is 7.11 Å². The lowest BCUT2D eigenvalue weighted by molar-refractivity contribution is -0.144. The molecule has 0 radical (unpaired) electrons. The lowest BCUT2D eigenvalue weighted by atomic mass is 10.2. The number of halogens is 1. The van der Waals surface area contributed by atoms with Gasteiger partial charge in [-0.1, -0.05) is 0 Å². The molecule has 2 rings (SSSR count). The SMILES string of the molecule is COC(=O)C(C)n1cc(-c2ccnc(Cl)n2)cn1. The predicted octanol–water partition coefficient (Wildman–Crippen LogP) is 1.73. The number of carbonyl (C=O) groups excluding carboxylic acids is 1. The minimum Gasteiger partial charge on any atom is -0.467 e. The Balaban J connectivity index is 2.28. The van der Waals surface area contributed by atoms with E-state index < -0.39 is 6.04 Å². The summed E-state index contributed by atoms with van der Waals surface area (Å²) in [5, 5.41) is 4.27. The van der Waals surface area contributed by atoms with Crippen molar-refractivity contribution in [1.29, 1.82) is 0 Å². The maximum Gasteiger partial charge on any atom is 0.330 e. The van der Waals surface area contributed by atoms with Crippen LogP contribution in [0.3, 0.4) is 0 Å². The van der Waals surface area contributed by atoms with Crippen molar-refractivity contribution >= 4 is 17.6 Å². The third-order valence-electron chi connectivity index (χ3n) is 2.46. The summed E-state index contributed by atoms with van der Waals surface area (Å²) in [6, 6.07) is 1.23. The molecule has 7 heteroatoms. The fourth-order valence-corrected chi connectivity index (χ4v) is 1.60. The maximum absolute atomic E-state index is 11.4. The van der Waals surface area contributed by atoms with E-state index in [0.29, 0.717) is 5.69 Å². The Labute approximate surface area is 109 Å². The van der Waals surface area contributed by atoms with Crippen LogP contribution in [0.4, 0.5) is 0 Å². The van der Waals surface area contributed by atoms with Crippen molar-refractivity contribution < 1.29 is 9.53 Å². The Morgan fingerprint density at radius 3 is 3.00 bits per heavy atom. The number of aromatic nitrogens is 4. The zero-order chi connectivity index (χ0) is 13.1. The number of rotatable bonds is 3. The van der Waals surface area contributed by atoms with E-state index in [1.165, 1.54) is 11.8 Å². The number of ether oxygens (including phenoxy) is 1. The average Bonchev–Trinajstić information content (AvgIpc) is 2.86.